The number of likely N-dealkylation sites (tertiary alicyclic amines) is 1. The Bertz CT molecular complexity index is 719. The average molecular weight is 325 g/mol. The minimum atomic E-state index is -0.0328. The smallest absolute Gasteiger partial charge is 0.240 e. The van der Waals surface area contributed by atoms with E-state index in [2.05, 4.69) is 9.88 Å². The average Bonchev–Trinajstić information content (AvgIpc) is 3.30. The van der Waals surface area contributed by atoms with Crippen LogP contribution < -0.4 is 0 Å². The lowest BCUT2D eigenvalue weighted by molar-refractivity contribution is -0.137. The SMILES string of the molecule is CC(C(=O)N1CCc2oc(-c3ccccc3)nc2C1)N1CCCC1. The summed E-state index contributed by atoms with van der Waals surface area (Å²) in [5, 5.41) is 0. The van der Waals surface area contributed by atoms with Gasteiger partial charge in [0.05, 0.1) is 12.6 Å². The summed E-state index contributed by atoms with van der Waals surface area (Å²) in [6, 6.07) is 9.89. The Hall–Kier alpha value is -2.14. The molecule has 5 nitrogen and oxygen atoms in total. The van der Waals surface area contributed by atoms with Crippen molar-refractivity contribution < 1.29 is 9.21 Å². The Kier molecular flexibility index (Phi) is 4.10. The molecule has 1 unspecified atom stereocenters. The highest BCUT2D eigenvalue weighted by Crippen LogP contribution is 2.26. The zero-order chi connectivity index (χ0) is 16.5. The molecule has 0 bridgehead atoms. The number of amides is 1. The van der Waals surface area contributed by atoms with Crippen LogP contribution >= 0.6 is 0 Å². The van der Waals surface area contributed by atoms with E-state index in [-0.39, 0.29) is 11.9 Å². The van der Waals surface area contributed by atoms with Gasteiger partial charge in [-0.15, -0.1) is 0 Å². The first-order chi connectivity index (χ1) is 11.7. The molecule has 2 aliphatic rings. The van der Waals surface area contributed by atoms with Crippen LogP contribution in [0.15, 0.2) is 34.7 Å². The Morgan fingerprint density at radius 2 is 1.92 bits per heavy atom. The van der Waals surface area contributed by atoms with Crippen LogP contribution in [0.1, 0.15) is 31.2 Å². The number of carbonyl (C=O) groups is 1. The molecule has 0 aliphatic carbocycles. The van der Waals surface area contributed by atoms with Crippen LogP contribution in [0.25, 0.3) is 11.5 Å². The normalized spacial score (nSPS) is 19.3. The van der Waals surface area contributed by atoms with E-state index in [9.17, 15) is 4.79 Å². The van der Waals surface area contributed by atoms with Gasteiger partial charge in [-0.1, -0.05) is 18.2 Å². The largest absolute Gasteiger partial charge is 0.441 e. The van der Waals surface area contributed by atoms with E-state index in [0.717, 1.165) is 36.5 Å². The molecule has 2 aromatic rings. The van der Waals surface area contributed by atoms with Gasteiger partial charge in [-0.2, -0.15) is 0 Å². The van der Waals surface area contributed by atoms with E-state index in [1.54, 1.807) is 0 Å². The summed E-state index contributed by atoms with van der Waals surface area (Å²) in [6.45, 7) is 5.37. The molecule has 0 N–H and O–H groups in total. The highest BCUT2D eigenvalue weighted by Gasteiger charge is 2.31. The lowest BCUT2D eigenvalue weighted by Crippen LogP contribution is -2.47. The molecule has 0 radical (unpaired) electrons. The maximum atomic E-state index is 12.8. The molecule has 4 rings (SSSR count). The van der Waals surface area contributed by atoms with Gasteiger partial charge in [-0.25, -0.2) is 4.98 Å². The van der Waals surface area contributed by atoms with Gasteiger partial charge in [0, 0.05) is 18.5 Å². The second kappa shape index (κ2) is 6.40. The Morgan fingerprint density at radius 1 is 1.17 bits per heavy atom. The van der Waals surface area contributed by atoms with Crippen LogP contribution in [0.3, 0.4) is 0 Å². The molecule has 0 spiro atoms. The van der Waals surface area contributed by atoms with Gasteiger partial charge in [0.2, 0.25) is 11.8 Å². The van der Waals surface area contributed by atoms with E-state index in [1.165, 1.54) is 12.8 Å². The topological polar surface area (TPSA) is 49.6 Å². The van der Waals surface area contributed by atoms with E-state index in [4.69, 9.17) is 4.42 Å². The van der Waals surface area contributed by atoms with E-state index >= 15 is 0 Å². The summed E-state index contributed by atoms with van der Waals surface area (Å²) >= 11 is 0. The van der Waals surface area contributed by atoms with Crippen molar-refractivity contribution >= 4 is 5.91 Å². The molecule has 3 heterocycles. The monoisotopic (exact) mass is 325 g/mol. The summed E-state index contributed by atoms with van der Waals surface area (Å²) < 4.78 is 5.92. The van der Waals surface area contributed by atoms with Crippen molar-refractivity contribution in [2.75, 3.05) is 19.6 Å². The molecule has 1 saturated heterocycles. The Balaban J connectivity index is 1.49. The number of hydrogen-bond acceptors (Lipinski definition) is 4. The fourth-order valence-corrected chi connectivity index (χ4v) is 3.64. The molecule has 1 atom stereocenters. The highest BCUT2D eigenvalue weighted by atomic mass is 16.4. The van der Waals surface area contributed by atoms with Crippen LogP contribution in [-0.2, 0) is 17.8 Å². The number of nitrogens with zero attached hydrogens (tertiary/aromatic N) is 3. The molecule has 1 amide bonds. The first-order valence-corrected chi connectivity index (χ1v) is 8.79. The standard InChI is InChI=1S/C19H23N3O2/c1-14(21-10-5-6-11-21)19(23)22-12-9-17-16(13-22)20-18(24-17)15-7-3-2-4-8-15/h2-4,7-8,14H,5-6,9-13H2,1H3. The number of aromatic nitrogens is 1. The van der Waals surface area contributed by atoms with Crippen molar-refractivity contribution in [3.05, 3.63) is 41.8 Å². The third-order valence-corrected chi connectivity index (χ3v) is 5.11. The summed E-state index contributed by atoms with van der Waals surface area (Å²) in [7, 11) is 0. The van der Waals surface area contributed by atoms with Crippen molar-refractivity contribution in [1.29, 1.82) is 0 Å². The molecular weight excluding hydrogens is 302 g/mol. The molecule has 24 heavy (non-hydrogen) atoms. The number of rotatable bonds is 3. The van der Waals surface area contributed by atoms with Crippen LogP contribution in [0.4, 0.5) is 0 Å². The van der Waals surface area contributed by atoms with Gasteiger partial charge < -0.3 is 9.32 Å². The van der Waals surface area contributed by atoms with Crippen molar-refractivity contribution in [2.45, 2.75) is 38.8 Å². The molecule has 0 saturated carbocycles. The second-order valence-corrected chi connectivity index (χ2v) is 6.68. The fourth-order valence-electron chi connectivity index (χ4n) is 3.64. The number of hydrogen-bond donors (Lipinski definition) is 0. The predicted molar refractivity (Wildman–Crippen MR) is 91.3 cm³/mol. The number of carbonyl (C=O) groups excluding carboxylic acids is 1. The lowest BCUT2D eigenvalue weighted by atomic mass is 10.1. The van der Waals surface area contributed by atoms with Crippen molar-refractivity contribution in [1.82, 2.24) is 14.8 Å². The third kappa shape index (κ3) is 2.84. The maximum absolute atomic E-state index is 12.8. The number of fused-ring (bicyclic) bond motifs is 1. The van der Waals surface area contributed by atoms with Gasteiger partial charge in [0.1, 0.15) is 11.5 Å². The van der Waals surface area contributed by atoms with Gasteiger partial charge in [-0.05, 0) is 45.0 Å². The second-order valence-electron chi connectivity index (χ2n) is 6.68. The zero-order valence-electron chi connectivity index (χ0n) is 14.1. The quantitative estimate of drug-likeness (QED) is 0.871. The van der Waals surface area contributed by atoms with Gasteiger partial charge in [-0.3, -0.25) is 9.69 Å². The molecule has 126 valence electrons. The minimum absolute atomic E-state index is 0.0328. The van der Waals surface area contributed by atoms with Crippen molar-refractivity contribution in [2.24, 2.45) is 0 Å². The lowest BCUT2D eigenvalue weighted by Gasteiger charge is -2.31. The summed E-state index contributed by atoms with van der Waals surface area (Å²) in [6.07, 6.45) is 3.14. The minimum Gasteiger partial charge on any atom is -0.441 e. The van der Waals surface area contributed by atoms with E-state index < -0.39 is 0 Å². The highest BCUT2D eigenvalue weighted by molar-refractivity contribution is 5.81. The fraction of sp³-hybridized carbons (Fsp3) is 0.474. The molecule has 1 fully saturated rings. The maximum Gasteiger partial charge on any atom is 0.240 e. The molecule has 1 aromatic carbocycles. The Labute approximate surface area is 142 Å². The molecule has 5 heteroatoms. The molecular formula is C19H23N3O2. The van der Waals surface area contributed by atoms with Crippen LogP contribution in [0.2, 0.25) is 0 Å². The summed E-state index contributed by atoms with van der Waals surface area (Å²) in [4.78, 5) is 21.7. The van der Waals surface area contributed by atoms with Crippen LogP contribution in [0.5, 0.6) is 0 Å². The Morgan fingerprint density at radius 3 is 2.67 bits per heavy atom. The summed E-state index contributed by atoms with van der Waals surface area (Å²) in [5.41, 5.74) is 1.89. The van der Waals surface area contributed by atoms with E-state index in [1.807, 2.05) is 42.2 Å². The first-order valence-electron chi connectivity index (χ1n) is 8.79. The number of benzene rings is 1. The summed E-state index contributed by atoms with van der Waals surface area (Å²) in [5.74, 6) is 1.79. The molecule has 1 aromatic heterocycles. The van der Waals surface area contributed by atoms with Gasteiger partial charge in [0.15, 0.2) is 0 Å². The molecule has 2 aliphatic heterocycles. The van der Waals surface area contributed by atoms with Crippen LogP contribution in [-0.4, -0.2) is 46.4 Å². The van der Waals surface area contributed by atoms with Crippen molar-refractivity contribution in [3.63, 3.8) is 0 Å². The first kappa shape index (κ1) is 15.4. The van der Waals surface area contributed by atoms with Gasteiger partial charge >= 0.3 is 0 Å². The third-order valence-electron chi connectivity index (χ3n) is 5.11. The zero-order valence-corrected chi connectivity index (χ0v) is 14.1. The number of oxazole rings is 1. The van der Waals surface area contributed by atoms with Gasteiger partial charge in [0.25, 0.3) is 0 Å². The van der Waals surface area contributed by atoms with Crippen molar-refractivity contribution in [3.8, 4) is 11.5 Å². The predicted octanol–water partition coefficient (Wildman–Crippen LogP) is 2.71. The van der Waals surface area contributed by atoms with Crippen LogP contribution in [0, 0.1) is 0 Å². The van der Waals surface area contributed by atoms with E-state index in [0.29, 0.717) is 19.0 Å².